The van der Waals surface area contributed by atoms with Crippen LogP contribution >= 0.6 is 0 Å². The summed E-state index contributed by atoms with van der Waals surface area (Å²) in [4.78, 5) is 37.9. The van der Waals surface area contributed by atoms with Crippen LogP contribution in [-0.4, -0.2) is 29.4 Å². The van der Waals surface area contributed by atoms with E-state index in [1.54, 1.807) is 11.0 Å². The van der Waals surface area contributed by atoms with E-state index in [1.807, 2.05) is 38.1 Å². The number of para-hydroxylation sites is 1. The number of nitrogens with one attached hydrogen (secondary N) is 1. The molecule has 0 aliphatic carbocycles. The van der Waals surface area contributed by atoms with E-state index in [0.29, 0.717) is 18.4 Å². The number of fused-ring (bicyclic) bond motifs is 1. The van der Waals surface area contributed by atoms with Crippen molar-refractivity contribution >= 4 is 23.5 Å². The number of aliphatic carboxylic acids is 1. The van der Waals surface area contributed by atoms with Crippen molar-refractivity contribution in [1.82, 2.24) is 5.32 Å². The van der Waals surface area contributed by atoms with Crippen molar-refractivity contribution in [2.45, 2.75) is 33.2 Å². The standard InChI is InChI=1S/C21H24N2O5/c1-13(2)9-16(21(26)27)11-22-20(25)19-15(7-8-28-19)12-23-17-6-4-3-5-14(17)10-18(23)24/h3-8,13,16H,9-12H2,1-2H3,(H,22,25)(H,26,27). The maximum absolute atomic E-state index is 12.5. The van der Waals surface area contributed by atoms with Gasteiger partial charge in [0.2, 0.25) is 5.91 Å². The molecule has 0 spiro atoms. The maximum Gasteiger partial charge on any atom is 0.308 e. The van der Waals surface area contributed by atoms with Crippen LogP contribution in [0.1, 0.15) is 41.9 Å². The number of amides is 2. The Morgan fingerprint density at radius 2 is 2.00 bits per heavy atom. The highest BCUT2D eigenvalue weighted by atomic mass is 16.4. The number of carboxylic acid groups (broad SMARTS) is 1. The van der Waals surface area contributed by atoms with E-state index in [4.69, 9.17) is 4.42 Å². The molecular weight excluding hydrogens is 360 g/mol. The predicted octanol–water partition coefficient (Wildman–Crippen LogP) is 2.85. The van der Waals surface area contributed by atoms with Gasteiger partial charge in [0, 0.05) is 17.8 Å². The number of benzene rings is 1. The Labute approximate surface area is 163 Å². The molecule has 0 bridgehead atoms. The largest absolute Gasteiger partial charge is 0.481 e. The molecule has 7 nitrogen and oxygen atoms in total. The van der Waals surface area contributed by atoms with Crippen molar-refractivity contribution in [3.63, 3.8) is 0 Å². The van der Waals surface area contributed by atoms with E-state index < -0.39 is 17.8 Å². The zero-order valence-corrected chi connectivity index (χ0v) is 16.0. The zero-order chi connectivity index (χ0) is 20.3. The zero-order valence-electron chi connectivity index (χ0n) is 16.0. The third kappa shape index (κ3) is 4.24. The van der Waals surface area contributed by atoms with Crippen LogP contribution in [-0.2, 0) is 22.6 Å². The summed E-state index contributed by atoms with van der Waals surface area (Å²) in [6.45, 7) is 4.13. The molecule has 1 aromatic carbocycles. The second kappa shape index (κ2) is 8.29. The highest BCUT2D eigenvalue weighted by molar-refractivity contribution is 6.01. The number of hydrogen-bond acceptors (Lipinski definition) is 4. The number of rotatable bonds is 8. The van der Waals surface area contributed by atoms with Gasteiger partial charge in [-0.15, -0.1) is 0 Å². The molecule has 2 aromatic rings. The van der Waals surface area contributed by atoms with Gasteiger partial charge >= 0.3 is 5.97 Å². The monoisotopic (exact) mass is 384 g/mol. The third-order valence-corrected chi connectivity index (χ3v) is 4.82. The van der Waals surface area contributed by atoms with E-state index >= 15 is 0 Å². The molecular formula is C21H24N2O5. The van der Waals surface area contributed by atoms with Gasteiger partial charge in [-0.25, -0.2) is 0 Å². The van der Waals surface area contributed by atoms with Crippen LogP contribution in [0.5, 0.6) is 0 Å². The van der Waals surface area contributed by atoms with Crippen LogP contribution in [0.3, 0.4) is 0 Å². The molecule has 7 heteroatoms. The number of carbonyl (C=O) groups is 3. The minimum absolute atomic E-state index is 0.0258. The molecule has 0 fully saturated rings. The van der Waals surface area contributed by atoms with Gasteiger partial charge in [0.25, 0.3) is 5.91 Å². The summed E-state index contributed by atoms with van der Waals surface area (Å²) in [6.07, 6.45) is 2.21. The van der Waals surface area contributed by atoms with E-state index in [-0.39, 0.29) is 30.7 Å². The Hall–Kier alpha value is -3.09. The first kappa shape index (κ1) is 19.7. The first-order valence-electron chi connectivity index (χ1n) is 9.32. The van der Waals surface area contributed by atoms with E-state index in [0.717, 1.165) is 11.3 Å². The van der Waals surface area contributed by atoms with Gasteiger partial charge < -0.3 is 19.7 Å². The predicted molar refractivity (Wildman–Crippen MR) is 103 cm³/mol. The lowest BCUT2D eigenvalue weighted by atomic mass is 9.97. The van der Waals surface area contributed by atoms with Crippen LogP contribution in [0.2, 0.25) is 0 Å². The summed E-state index contributed by atoms with van der Waals surface area (Å²) in [6, 6.07) is 9.21. The summed E-state index contributed by atoms with van der Waals surface area (Å²) >= 11 is 0. The minimum atomic E-state index is -0.937. The fraction of sp³-hybridized carbons (Fsp3) is 0.381. The van der Waals surface area contributed by atoms with Crippen LogP contribution in [0, 0.1) is 11.8 Å². The molecule has 2 N–H and O–H groups in total. The molecule has 28 heavy (non-hydrogen) atoms. The summed E-state index contributed by atoms with van der Waals surface area (Å²) in [5.74, 6) is -1.79. The lowest BCUT2D eigenvalue weighted by Gasteiger charge is -2.18. The Bertz CT molecular complexity index is 886. The Morgan fingerprint density at radius 1 is 1.25 bits per heavy atom. The number of carbonyl (C=O) groups excluding carboxylic acids is 2. The lowest BCUT2D eigenvalue weighted by molar-refractivity contribution is -0.142. The van der Waals surface area contributed by atoms with Gasteiger partial charge in [-0.05, 0) is 30.0 Å². The van der Waals surface area contributed by atoms with Gasteiger partial charge in [-0.1, -0.05) is 32.0 Å². The molecule has 0 saturated carbocycles. The molecule has 1 aliphatic rings. The quantitative estimate of drug-likeness (QED) is 0.729. The normalized spacial score (nSPS) is 14.2. The van der Waals surface area contributed by atoms with Crippen LogP contribution < -0.4 is 10.2 Å². The van der Waals surface area contributed by atoms with Crippen molar-refractivity contribution < 1.29 is 23.9 Å². The molecule has 0 radical (unpaired) electrons. The molecule has 2 amide bonds. The van der Waals surface area contributed by atoms with Gasteiger partial charge in [0.1, 0.15) is 0 Å². The SMILES string of the molecule is CC(C)CC(CNC(=O)c1occc1CN1C(=O)Cc2ccccc21)C(=O)O. The Morgan fingerprint density at radius 3 is 2.71 bits per heavy atom. The topological polar surface area (TPSA) is 99.9 Å². The van der Waals surface area contributed by atoms with Crippen molar-refractivity contribution in [3.8, 4) is 0 Å². The van der Waals surface area contributed by atoms with Gasteiger partial charge in [-0.3, -0.25) is 14.4 Å². The minimum Gasteiger partial charge on any atom is -0.481 e. The second-order valence-electron chi connectivity index (χ2n) is 7.44. The fourth-order valence-corrected chi connectivity index (χ4v) is 3.46. The molecule has 1 atom stereocenters. The van der Waals surface area contributed by atoms with Gasteiger partial charge in [0.05, 0.1) is 25.1 Å². The highest BCUT2D eigenvalue weighted by Gasteiger charge is 2.29. The first-order valence-corrected chi connectivity index (χ1v) is 9.32. The Kier molecular flexibility index (Phi) is 5.82. The van der Waals surface area contributed by atoms with E-state index in [9.17, 15) is 19.5 Å². The number of hydrogen-bond donors (Lipinski definition) is 2. The number of anilines is 1. The molecule has 1 aromatic heterocycles. The molecule has 0 saturated heterocycles. The van der Waals surface area contributed by atoms with E-state index in [1.165, 1.54) is 6.26 Å². The lowest BCUT2D eigenvalue weighted by Crippen LogP contribution is -2.34. The second-order valence-corrected chi connectivity index (χ2v) is 7.44. The molecule has 1 aliphatic heterocycles. The van der Waals surface area contributed by atoms with Crippen molar-refractivity contribution in [2.75, 3.05) is 11.4 Å². The highest BCUT2D eigenvalue weighted by Crippen LogP contribution is 2.30. The summed E-state index contributed by atoms with van der Waals surface area (Å²) in [5.41, 5.74) is 2.38. The summed E-state index contributed by atoms with van der Waals surface area (Å²) in [7, 11) is 0. The first-order chi connectivity index (χ1) is 13.4. The summed E-state index contributed by atoms with van der Waals surface area (Å²) in [5, 5.41) is 12.0. The van der Waals surface area contributed by atoms with Crippen LogP contribution in [0.4, 0.5) is 5.69 Å². The molecule has 1 unspecified atom stereocenters. The van der Waals surface area contributed by atoms with Gasteiger partial charge in [-0.2, -0.15) is 0 Å². The molecule has 148 valence electrons. The van der Waals surface area contributed by atoms with Crippen molar-refractivity contribution in [1.29, 1.82) is 0 Å². The van der Waals surface area contributed by atoms with E-state index in [2.05, 4.69) is 5.32 Å². The number of nitrogens with zero attached hydrogens (tertiary/aromatic N) is 1. The number of carboxylic acids is 1. The number of furan rings is 1. The average Bonchev–Trinajstić information content (AvgIpc) is 3.23. The maximum atomic E-state index is 12.5. The smallest absolute Gasteiger partial charge is 0.308 e. The molecule has 3 rings (SSSR count). The summed E-state index contributed by atoms with van der Waals surface area (Å²) < 4.78 is 5.34. The fourth-order valence-electron chi connectivity index (χ4n) is 3.46. The average molecular weight is 384 g/mol. The van der Waals surface area contributed by atoms with Crippen LogP contribution in [0.25, 0.3) is 0 Å². The third-order valence-electron chi connectivity index (χ3n) is 4.82. The van der Waals surface area contributed by atoms with Crippen molar-refractivity contribution in [3.05, 3.63) is 53.5 Å². The van der Waals surface area contributed by atoms with Gasteiger partial charge in [0.15, 0.2) is 5.76 Å². The molecule has 2 heterocycles. The van der Waals surface area contributed by atoms with Crippen molar-refractivity contribution in [2.24, 2.45) is 11.8 Å². The van der Waals surface area contributed by atoms with Crippen LogP contribution in [0.15, 0.2) is 41.0 Å². The Balaban J connectivity index is 1.69.